The summed E-state index contributed by atoms with van der Waals surface area (Å²) in [5, 5.41) is 8.68. The monoisotopic (exact) mass is 233 g/mol. The predicted octanol–water partition coefficient (Wildman–Crippen LogP) is 0.648. The molecule has 0 aliphatic heterocycles. The highest BCUT2D eigenvalue weighted by Crippen LogP contribution is 2.24. The van der Waals surface area contributed by atoms with Crippen LogP contribution in [-0.2, 0) is 0 Å². The number of methoxy groups -OCH3 is 1. The maximum Gasteiger partial charge on any atom is 0.292 e. The number of hydrogen-bond acceptors (Lipinski definition) is 5. The van der Waals surface area contributed by atoms with Crippen molar-refractivity contribution in [3.8, 4) is 5.75 Å². The Morgan fingerprint density at radius 2 is 2.35 bits per heavy atom. The van der Waals surface area contributed by atoms with E-state index in [9.17, 15) is 4.79 Å². The lowest BCUT2D eigenvalue weighted by Gasteiger charge is -2.07. The Labute approximate surface area is 97.0 Å². The molecule has 0 spiro atoms. The van der Waals surface area contributed by atoms with E-state index in [1.807, 2.05) is 0 Å². The van der Waals surface area contributed by atoms with Crippen molar-refractivity contribution in [1.82, 2.24) is 15.2 Å². The zero-order valence-corrected chi connectivity index (χ0v) is 9.10. The molecule has 0 aliphatic carbocycles. The largest absolute Gasteiger partial charge is 0.495 e. The molecule has 0 saturated carbocycles. The van der Waals surface area contributed by atoms with Crippen LogP contribution in [0.2, 0.25) is 0 Å². The highest BCUT2D eigenvalue weighted by atomic mass is 16.5. The van der Waals surface area contributed by atoms with Crippen molar-refractivity contribution in [3.05, 3.63) is 30.4 Å². The minimum absolute atomic E-state index is 0.138. The Kier molecular flexibility index (Phi) is 2.91. The van der Waals surface area contributed by atoms with Crippen molar-refractivity contribution in [3.63, 3.8) is 0 Å². The van der Waals surface area contributed by atoms with Gasteiger partial charge in [-0.25, -0.2) is 4.98 Å². The number of nitrogen functional groups attached to an aromatic ring is 1. The molecule has 1 heterocycles. The molecular weight excluding hydrogens is 222 g/mol. The number of nitrogens with zero attached hydrogens (tertiary/aromatic N) is 2. The maximum absolute atomic E-state index is 11.6. The Bertz CT molecular complexity index is 523. The third-order valence-electron chi connectivity index (χ3n) is 2.12. The zero-order chi connectivity index (χ0) is 12.3. The van der Waals surface area contributed by atoms with E-state index in [-0.39, 0.29) is 11.7 Å². The van der Waals surface area contributed by atoms with Gasteiger partial charge in [0.2, 0.25) is 5.82 Å². The lowest BCUT2D eigenvalue weighted by Crippen LogP contribution is -2.13. The molecule has 7 heteroatoms. The van der Waals surface area contributed by atoms with Gasteiger partial charge in [-0.1, -0.05) is 0 Å². The molecule has 0 radical (unpaired) electrons. The van der Waals surface area contributed by atoms with Crippen LogP contribution >= 0.6 is 0 Å². The van der Waals surface area contributed by atoms with Crippen LogP contribution in [0.5, 0.6) is 5.75 Å². The van der Waals surface area contributed by atoms with Gasteiger partial charge in [0.1, 0.15) is 12.1 Å². The lowest BCUT2D eigenvalue weighted by atomic mass is 10.2. The lowest BCUT2D eigenvalue weighted by molar-refractivity contribution is 0.101. The summed E-state index contributed by atoms with van der Waals surface area (Å²) in [6.45, 7) is 0. The molecule has 0 unspecified atom stereocenters. The summed E-state index contributed by atoms with van der Waals surface area (Å²) in [5.41, 5.74) is 6.72. The summed E-state index contributed by atoms with van der Waals surface area (Å²) in [5.74, 6) is 0.314. The Morgan fingerprint density at radius 1 is 1.53 bits per heavy atom. The topological polar surface area (TPSA) is 106 Å². The molecule has 17 heavy (non-hydrogen) atoms. The van der Waals surface area contributed by atoms with E-state index >= 15 is 0 Å². The van der Waals surface area contributed by atoms with Crippen molar-refractivity contribution in [2.24, 2.45) is 0 Å². The van der Waals surface area contributed by atoms with Crippen molar-refractivity contribution in [2.75, 3.05) is 18.2 Å². The number of ether oxygens (including phenoxy) is 1. The van der Waals surface area contributed by atoms with E-state index in [0.29, 0.717) is 17.1 Å². The average Bonchev–Trinajstić information content (AvgIpc) is 2.82. The first-order chi connectivity index (χ1) is 8.20. The number of carbonyl (C=O) groups excluding carboxylic acids is 1. The van der Waals surface area contributed by atoms with Crippen LogP contribution in [0.1, 0.15) is 10.6 Å². The number of nitrogens with one attached hydrogen (secondary N) is 2. The summed E-state index contributed by atoms with van der Waals surface area (Å²) in [7, 11) is 1.53. The van der Waals surface area contributed by atoms with Crippen LogP contribution in [-0.4, -0.2) is 28.2 Å². The third kappa shape index (κ3) is 2.33. The number of aromatic nitrogens is 3. The molecule has 0 aliphatic rings. The zero-order valence-electron chi connectivity index (χ0n) is 9.10. The maximum atomic E-state index is 11.6. The van der Waals surface area contributed by atoms with E-state index in [0.717, 1.165) is 0 Å². The van der Waals surface area contributed by atoms with Gasteiger partial charge in [-0.05, 0) is 18.2 Å². The predicted molar refractivity (Wildman–Crippen MR) is 61.7 cm³/mol. The summed E-state index contributed by atoms with van der Waals surface area (Å²) in [6.07, 6.45) is 1.26. The van der Waals surface area contributed by atoms with Gasteiger partial charge in [-0.15, -0.1) is 0 Å². The normalized spacial score (nSPS) is 9.94. The number of rotatable bonds is 3. The Hall–Kier alpha value is -2.57. The van der Waals surface area contributed by atoms with E-state index in [1.54, 1.807) is 18.2 Å². The third-order valence-corrected chi connectivity index (χ3v) is 2.12. The van der Waals surface area contributed by atoms with E-state index in [2.05, 4.69) is 20.5 Å². The first-order valence-corrected chi connectivity index (χ1v) is 4.81. The quantitative estimate of drug-likeness (QED) is 0.675. The summed E-state index contributed by atoms with van der Waals surface area (Å²) in [4.78, 5) is 15.4. The minimum atomic E-state index is -0.382. The van der Waals surface area contributed by atoms with Crippen LogP contribution in [0, 0.1) is 0 Å². The van der Waals surface area contributed by atoms with Crippen LogP contribution < -0.4 is 15.8 Å². The number of nitrogens with two attached hydrogens (primary N) is 1. The van der Waals surface area contributed by atoms with Gasteiger partial charge in [0.25, 0.3) is 5.91 Å². The van der Waals surface area contributed by atoms with Gasteiger partial charge in [-0.2, -0.15) is 5.10 Å². The molecule has 0 saturated heterocycles. The standard InChI is InChI=1S/C10H11N5O2/c1-17-8-3-2-6(4-7(8)11)14-10(16)9-12-5-13-15-9/h2-5H,11H2,1H3,(H,14,16)(H,12,13,15). The molecule has 1 amide bonds. The molecule has 0 atom stereocenters. The number of carbonyl (C=O) groups is 1. The molecule has 1 aromatic carbocycles. The molecular formula is C10H11N5O2. The molecule has 4 N–H and O–H groups in total. The van der Waals surface area contributed by atoms with E-state index < -0.39 is 0 Å². The van der Waals surface area contributed by atoms with Gasteiger partial charge in [-0.3, -0.25) is 9.89 Å². The minimum Gasteiger partial charge on any atom is -0.495 e. The number of H-pyrrole nitrogens is 1. The molecule has 0 fully saturated rings. The number of anilines is 2. The summed E-state index contributed by atoms with van der Waals surface area (Å²) in [6, 6.07) is 4.96. The van der Waals surface area contributed by atoms with Crippen LogP contribution in [0.15, 0.2) is 24.5 Å². The van der Waals surface area contributed by atoms with Crippen molar-refractivity contribution >= 4 is 17.3 Å². The fourth-order valence-electron chi connectivity index (χ4n) is 1.32. The highest BCUT2D eigenvalue weighted by molar-refractivity contribution is 6.01. The van der Waals surface area contributed by atoms with Crippen LogP contribution in [0.25, 0.3) is 0 Å². The van der Waals surface area contributed by atoms with Gasteiger partial charge >= 0.3 is 0 Å². The SMILES string of the molecule is COc1ccc(NC(=O)c2ncn[nH]2)cc1N. The van der Waals surface area contributed by atoms with Gasteiger partial charge in [0, 0.05) is 5.69 Å². The van der Waals surface area contributed by atoms with Crippen molar-refractivity contribution in [1.29, 1.82) is 0 Å². The van der Waals surface area contributed by atoms with Crippen LogP contribution in [0.3, 0.4) is 0 Å². The molecule has 0 bridgehead atoms. The number of amides is 1. The molecule has 7 nitrogen and oxygen atoms in total. The van der Waals surface area contributed by atoms with Crippen molar-refractivity contribution in [2.45, 2.75) is 0 Å². The molecule has 2 aromatic rings. The van der Waals surface area contributed by atoms with Crippen LogP contribution in [0.4, 0.5) is 11.4 Å². The molecule has 2 rings (SSSR count). The van der Waals surface area contributed by atoms with Gasteiger partial charge in [0.05, 0.1) is 12.8 Å². The van der Waals surface area contributed by atoms with Crippen molar-refractivity contribution < 1.29 is 9.53 Å². The average molecular weight is 233 g/mol. The number of hydrogen-bond donors (Lipinski definition) is 3. The Balaban J connectivity index is 2.14. The highest BCUT2D eigenvalue weighted by Gasteiger charge is 2.09. The second-order valence-electron chi connectivity index (χ2n) is 3.24. The molecule has 88 valence electrons. The first-order valence-electron chi connectivity index (χ1n) is 4.81. The van der Waals surface area contributed by atoms with Gasteiger partial charge < -0.3 is 15.8 Å². The number of aromatic amines is 1. The smallest absolute Gasteiger partial charge is 0.292 e. The van der Waals surface area contributed by atoms with Gasteiger partial charge in [0.15, 0.2) is 0 Å². The van der Waals surface area contributed by atoms with E-state index in [1.165, 1.54) is 13.4 Å². The fraction of sp³-hybridized carbons (Fsp3) is 0.100. The fourth-order valence-corrected chi connectivity index (χ4v) is 1.32. The first kappa shape index (κ1) is 10.9. The second kappa shape index (κ2) is 4.52. The Morgan fingerprint density at radius 3 is 2.94 bits per heavy atom. The van der Waals surface area contributed by atoms with E-state index in [4.69, 9.17) is 10.5 Å². The molecule has 1 aromatic heterocycles. The summed E-state index contributed by atoms with van der Waals surface area (Å²) < 4.78 is 5.01. The second-order valence-corrected chi connectivity index (χ2v) is 3.24. The number of benzene rings is 1. The summed E-state index contributed by atoms with van der Waals surface area (Å²) >= 11 is 0.